The van der Waals surface area contributed by atoms with Crippen LogP contribution in [0.5, 0.6) is 0 Å². The van der Waals surface area contributed by atoms with Crippen LogP contribution >= 0.6 is 0 Å². The average molecular weight is 419 g/mol. The van der Waals surface area contributed by atoms with Crippen molar-refractivity contribution in [2.24, 2.45) is 5.92 Å². The van der Waals surface area contributed by atoms with Crippen molar-refractivity contribution in [1.82, 2.24) is 0 Å². The Morgan fingerprint density at radius 3 is 1.67 bits per heavy atom. The van der Waals surface area contributed by atoms with Crippen molar-refractivity contribution in [3.63, 3.8) is 0 Å². The summed E-state index contributed by atoms with van der Waals surface area (Å²) in [5.41, 5.74) is 0. The van der Waals surface area contributed by atoms with Crippen molar-refractivity contribution in [1.29, 1.82) is 0 Å². The first-order valence-electron chi connectivity index (χ1n) is 6.33. The number of nitrogens with zero attached hydrogens (tertiary/aromatic N) is 2. The fourth-order valence-corrected chi connectivity index (χ4v) is 0.997. The zero-order valence-electron chi connectivity index (χ0n) is 12.3. The summed E-state index contributed by atoms with van der Waals surface area (Å²) in [5, 5.41) is 16.0. The minimum atomic E-state index is 0. The van der Waals surface area contributed by atoms with E-state index in [2.05, 4.69) is 34.9 Å². The van der Waals surface area contributed by atoms with Gasteiger partial charge >= 0.3 is 0 Å². The Morgan fingerprint density at radius 2 is 1.39 bits per heavy atom. The number of rotatable bonds is 5. The van der Waals surface area contributed by atoms with Crippen LogP contribution in [0, 0.1) is 5.92 Å². The first-order valence-corrected chi connectivity index (χ1v) is 6.33. The second kappa shape index (κ2) is 22.4. The van der Waals surface area contributed by atoms with Gasteiger partial charge in [0.1, 0.15) is 0 Å². The van der Waals surface area contributed by atoms with Gasteiger partial charge in [0, 0.05) is 32.5 Å². The van der Waals surface area contributed by atoms with Crippen molar-refractivity contribution in [2.75, 3.05) is 33.8 Å². The summed E-state index contributed by atoms with van der Waals surface area (Å²) in [6.45, 7) is 6.23. The predicted octanol–water partition coefficient (Wildman–Crippen LogP) is 3.52. The molecule has 0 saturated heterocycles. The van der Waals surface area contributed by atoms with Crippen molar-refractivity contribution in [3.8, 4) is 0 Å². The second-order valence-electron chi connectivity index (χ2n) is 3.56. The molecular formula is C14H28HfN2O-2. The van der Waals surface area contributed by atoms with Gasteiger partial charge in [-0.25, -0.2) is 0 Å². The van der Waals surface area contributed by atoms with Gasteiger partial charge in [0.25, 0.3) is 0 Å². The molecule has 0 fully saturated rings. The van der Waals surface area contributed by atoms with E-state index in [0.717, 1.165) is 25.9 Å². The monoisotopic (exact) mass is 420 g/mol. The van der Waals surface area contributed by atoms with Gasteiger partial charge in [0.2, 0.25) is 0 Å². The molecule has 0 aromatic heterocycles. The van der Waals surface area contributed by atoms with Gasteiger partial charge in [0.15, 0.2) is 0 Å². The Kier molecular flexibility index (Phi) is 29.1. The van der Waals surface area contributed by atoms with Gasteiger partial charge in [0.05, 0.1) is 0 Å². The summed E-state index contributed by atoms with van der Waals surface area (Å²) in [6, 6.07) is 0. The largest absolute Gasteiger partial charge is 0.665 e. The third-order valence-corrected chi connectivity index (χ3v) is 2.16. The van der Waals surface area contributed by atoms with Crippen molar-refractivity contribution in [3.05, 3.63) is 34.9 Å². The van der Waals surface area contributed by atoms with Gasteiger partial charge in [-0.2, -0.15) is 27.2 Å². The molecular weight excluding hydrogens is 391 g/mol. The van der Waals surface area contributed by atoms with E-state index in [4.69, 9.17) is 5.11 Å². The van der Waals surface area contributed by atoms with Crippen LogP contribution in [0.25, 0.3) is 10.6 Å². The molecule has 0 unspecified atom stereocenters. The van der Waals surface area contributed by atoms with Gasteiger partial charge in [-0.3, -0.25) is 0 Å². The van der Waals surface area contributed by atoms with Gasteiger partial charge < -0.3 is 15.7 Å². The number of hydrogen-bond acceptors (Lipinski definition) is 1. The Bertz CT molecular complexity index is 165. The Hall–Kier alpha value is 0.230. The fourth-order valence-electron chi connectivity index (χ4n) is 0.997. The molecule has 0 atom stereocenters. The molecule has 0 aromatic rings. The molecule has 0 heterocycles. The SMILES string of the molecule is CC[N-]C.CC[N-]C.OCCCC1C=CC=C1.[Hf]. The molecule has 1 N–H and O–H groups in total. The van der Waals surface area contributed by atoms with Crippen LogP contribution in [0.1, 0.15) is 26.7 Å². The van der Waals surface area contributed by atoms with Gasteiger partial charge in [-0.05, 0) is 18.8 Å². The number of hydrogen-bond donors (Lipinski definition) is 1. The summed E-state index contributed by atoms with van der Waals surface area (Å²) in [5.74, 6) is 0.595. The first-order chi connectivity index (χ1) is 8.26. The third-order valence-electron chi connectivity index (χ3n) is 2.16. The van der Waals surface area contributed by atoms with E-state index in [1.807, 2.05) is 13.8 Å². The molecule has 106 valence electrons. The van der Waals surface area contributed by atoms with Crippen LogP contribution in [-0.4, -0.2) is 38.9 Å². The summed E-state index contributed by atoms with van der Waals surface area (Å²) >= 11 is 0. The van der Waals surface area contributed by atoms with Gasteiger partial charge in [-0.1, -0.05) is 38.2 Å². The average Bonchev–Trinajstić information content (AvgIpc) is 2.90. The van der Waals surface area contributed by atoms with Crippen LogP contribution in [0.3, 0.4) is 0 Å². The molecule has 3 nitrogen and oxygen atoms in total. The van der Waals surface area contributed by atoms with E-state index < -0.39 is 0 Å². The third kappa shape index (κ3) is 21.5. The molecule has 1 aliphatic carbocycles. The normalized spacial score (nSPS) is 12.1. The summed E-state index contributed by atoms with van der Waals surface area (Å²) in [4.78, 5) is 0. The molecule has 0 radical (unpaired) electrons. The predicted molar refractivity (Wildman–Crippen MR) is 77.7 cm³/mol. The number of aliphatic hydroxyl groups excluding tert-OH is 1. The Morgan fingerprint density at radius 1 is 1.00 bits per heavy atom. The topological polar surface area (TPSA) is 48.4 Å². The maximum absolute atomic E-state index is 8.48. The summed E-state index contributed by atoms with van der Waals surface area (Å²) < 4.78 is 0. The van der Waals surface area contributed by atoms with E-state index in [0.29, 0.717) is 12.5 Å². The quantitative estimate of drug-likeness (QED) is 0.682. The van der Waals surface area contributed by atoms with Crippen LogP contribution in [0.2, 0.25) is 0 Å². The van der Waals surface area contributed by atoms with Crippen LogP contribution in [-0.2, 0) is 25.8 Å². The summed E-state index contributed by atoms with van der Waals surface area (Å²) in [7, 11) is 3.61. The minimum Gasteiger partial charge on any atom is -0.665 e. The van der Waals surface area contributed by atoms with E-state index >= 15 is 0 Å². The van der Waals surface area contributed by atoms with Crippen molar-refractivity contribution >= 4 is 0 Å². The van der Waals surface area contributed by atoms with Crippen LogP contribution < -0.4 is 0 Å². The standard InChI is InChI=1S/C8H12O.2C3H8N.Hf/c9-7-3-6-8-4-1-2-5-8;2*1-3-4-2;/h1-2,4-5,8-9H,3,6-7H2;2*3H2,1-2H3;/q;2*-1;. The molecule has 0 spiro atoms. The molecule has 18 heavy (non-hydrogen) atoms. The maximum atomic E-state index is 8.48. The fraction of sp³-hybridized carbons (Fsp3) is 0.714. The smallest absolute Gasteiger partial charge is 0.0431 e. The van der Waals surface area contributed by atoms with Crippen LogP contribution in [0.15, 0.2) is 24.3 Å². The summed E-state index contributed by atoms with van der Waals surface area (Å²) in [6.07, 6.45) is 10.4. The van der Waals surface area contributed by atoms with Crippen LogP contribution in [0.4, 0.5) is 0 Å². The molecule has 1 rings (SSSR count). The zero-order chi connectivity index (χ0) is 13.4. The van der Waals surface area contributed by atoms with E-state index in [-0.39, 0.29) is 25.8 Å². The number of aliphatic hydroxyl groups is 1. The number of allylic oxidation sites excluding steroid dienone is 4. The van der Waals surface area contributed by atoms with E-state index in [9.17, 15) is 0 Å². The Labute approximate surface area is 132 Å². The van der Waals surface area contributed by atoms with E-state index in [1.54, 1.807) is 14.1 Å². The Balaban J connectivity index is -0.000000214. The molecule has 0 aromatic carbocycles. The maximum Gasteiger partial charge on any atom is 0.0431 e. The van der Waals surface area contributed by atoms with Crippen molar-refractivity contribution < 1.29 is 30.9 Å². The molecule has 0 saturated carbocycles. The molecule has 0 bridgehead atoms. The second-order valence-corrected chi connectivity index (χ2v) is 3.56. The molecule has 4 heteroatoms. The zero-order valence-corrected chi connectivity index (χ0v) is 15.9. The van der Waals surface area contributed by atoms with Gasteiger partial charge in [-0.15, -0.1) is 0 Å². The van der Waals surface area contributed by atoms with E-state index in [1.165, 1.54) is 0 Å². The molecule has 0 aliphatic heterocycles. The minimum absolute atomic E-state index is 0. The first kappa shape index (κ1) is 23.3. The van der Waals surface area contributed by atoms with Crippen molar-refractivity contribution in [2.45, 2.75) is 26.7 Å². The molecule has 1 aliphatic rings. The molecule has 0 amide bonds.